The number of sulfonamides is 1. The summed E-state index contributed by atoms with van der Waals surface area (Å²) in [7, 11) is -3.74. The molecular formula is C18H18N2O5S2. The van der Waals surface area contributed by atoms with Gasteiger partial charge in [-0.3, -0.25) is 4.79 Å². The zero-order valence-electron chi connectivity index (χ0n) is 14.4. The molecule has 1 aliphatic heterocycles. The van der Waals surface area contributed by atoms with Crippen LogP contribution in [0.25, 0.3) is 15.8 Å². The van der Waals surface area contributed by atoms with E-state index < -0.39 is 10.0 Å². The van der Waals surface area contributed by atoms with E-state index in [4.69, 9.17) is 4.74 Å². The third kappa shape index (κ3) is 3.27. The van der Waals surface area contributed by atoms with Gasteiger partial charge in [0.1, 0.15) is 11.4 Å². The van der Waals surface area contributed by atoms with Crippen molar-refractivity contribution in [2.24, 2.45) is 0 Å². The van der Waals surface area contributed by atoms with Crippen molar-refractivity contribution < 1.29 is 18.3 Å². The lowest BCUT2D eigenvalue weighted by Crippen LogP contribution is -2.33. The second-order valence-electron chi connectivity index (χ2n) is 6.21. The van der Waals surface area contributed by atoms with Gasteiger partial charge in [0.2, 0.25) is 10.0 Å². The Morgan fingerprint density at radius 1 is 1.07 bits per heavy atom. The summed E-state index contributed by atoms with van der Waals surface area (Å²) in [6, 6.07) is 11.1. The Hall–Kier alpha value is -2.20. The van der Waals surface area contributed by atoms with Gasteiger partial charge in [0.15, 0.2) is 0 Å². The first kappa shape index (κ1) is 18.2. The van der Waals surface area contributed by atoms with Crippen LogP contribution in [0.4, 0.5) is 0 Å². The number of hydrogen-bond donors (Lipinski definition) is 1. The molecule has 0 saturated carbocycles. The molecule has 1 aliphatic rings. The SMILES string of the molecule is O=c1c2ccccc2sn1-c1cc(S(=O)(=O)N2CCCOCC2)ccc1O. The molecule has 0 amide bonds. The van der Waals surface area contributed by atoms with Crippen molar-refractivity contribution in [3.05, 3.63) is 52.8 Å². The number of nitrogens with zero attached hydrogens (tertiary/aromatic N) is 2. The number of aromatic hydroxyl groups is 1. The minimum absolute atomic E-state index is 0.0431. The molecule has 7 nitrogen and oxygen atoms in total. The molecule has 0 aliphatic carbocycles. The van der Waals surface area contributed by atoms with Gasteiger partial charge in [0.05, 0.1) is 21.6 Å². The largest absolute Gasteiger partial charge is 0.506 e. The molecule has 1 fully saturated rings. The van der Waals surface area contributed by atoms with Crippen molar-refractivity contribution in [2.75, 3.05) is 26.3 Å². The third-order valence-electron chi connectivity index (χ3n) is 4.48. The Kier molecular flexibility index (Phi) is 4.77. The minimum atomic E-state index is -3.74. The van der Waals surface area contributed by atoms with Gasteiger partial charge in [-0.25, -0.2) is 12.4 Å². The van der Waals surface area contributed by atoms with E-state index in [0.29, 0.717) is 31.6 Å². The molecule has 0 bridgehead atoms. The van der Waals surface area contributed by atoms with Crippen molar-refractivity contribution in [3.8, 4) is 11.4 Å². The van der Waals surface area contributed by atoms with Gasteiger partial charge in [0, 0.05) is 19.7 Å². The first-order valence-corrected chi connectivity index (χ1v) is 10.7. The molecule has 0 spiro atoms. The molecule has 0 radical (unpaired) electrons. The van der Waals surface area contributed by atoms with Crippen LogP contribution in [0.1, 0.15) is 6.42 Å². The van der Waals surface area contributed by atoms with Gasteiger partial charge < -0.3 is 9.84 Å². The maximum atomic E-state index is 13.0. The second-order valence-corrected chi connectivity index (χ2v) is 9.13. The maximum absolute atomic E-state index is 13.0. The highest BCUT2D eigenvalue weighted by molar-refractivity contribution is 7.89. The molecule has 27 heavy (non-hydrogen) atoms. The fraction of sp³-hybridized carbons (Fsp3) is 0.278. The van der Waals surface area contributed by atoms with E-state index in [1.165, 1.54) is 38.0 Å². The first-order valence-electron chi connectivity index (χ1n) is 8.51. The molecule has 142 valence electrons. The fourth-order valence-electron chi connectivity index (χ4n) is 3.07. The summed E-state index contributed by atoms with van der Waals surface area (Å²) in [6.45, 7) is 1.53. The molecule has 1 saturated heterocycles. The number of aromatic nitrogens is 1. The van der Waals surface area contributed by atoms with Crippen molar-refractivity contribution in [2.45, 2.75) is 11.3 Å². The van der Waals surface area contributed by atoms with Crippen LogP contribution in [0.5, 0.6) is 5.75 Å². The summed E-state index contributed by atoms with van der Waals surface area (Å²) in [5.41, 5.74) is -0.128. The molecule has 9 heteroatoms. The van der Waals surface area contributed by atoms with Gasteiger partial charge in [-0.05, 0) is 36.8 Å². The molecule has 4 rings (SSSR count). The van der Waals surface area contributed by atoms with Crippen LogP contribution in [0.15, 0.2) is 52.2 Å². The topological polar surface area (TPSA) is 88.8 Å². The van der Waals surface area contributed by atoms with Crippen LogP contribution in [-0.2, 0) is 14.8 Å². The summed E-state index contributed by atoms with van der Waals surface area (Å²) >= 11 is 1.17. The van der Waals surface area contributed by atoms with E-state index in [9.17, 15) is 18.3 Å². The molecule has 2 heterocycles. The number of ether oxygens (including phenoxy) is 1. The van der Waals surface area contributed by atoms with Crippen LogP contribution in [0.2, 0.25) is 0 Å². The Balaban J connectivity index is 1.81. The van der Waals surface area contributed by atoms with Crippen LogP contribution in [0.3, 0.4) is 0 Å². The van der Waals surface area contributed by atoms with E-state index >= 15 is 0 Å². The second kappa shape index (κ2) is 7.08. The lowest BCUT2D eigenvalue weighted by Gasteiger charge is -2.19. The van der Waals surface area contributed by atoms with Gasteiger partial charge in [0.25, 0.3) is 5.56 Å². The number of rotatable bonds is 3. The van der Waals surface area contributed by atoms with E-state index in [1.54, 1.807) is 12.1 Å². The predicted molar refractivity (Wildman–Crippen MR) is 103 cm³/mol. The minimum Gasteiger partial charge on any atom is -0.506 e. The highest BCUT2D eigenvalue weighted by Gasteiger charge is 2.26. The summed E-state index contributed by atoms with van der Waals surface area (Å²) in [6.07, 6.45) is 0.625. The Morgan fingerprint density at radius 3 is 2.70 bits per heavy atom. The van der Waals surface area contributed by atoms with Crippen molar-refractivity contribution in [1.82, 2.24) is 8.26 Å². The zero-order valence-corrected chi connectivity index (χ0v) is 16.0. The number of phenols is 1. The first-order chi connectivity index (χ1) is 13.0. The molecule has 2 aromatic carbocycles. The molecular weight excluding hydrogens is 388 g/mol. The van der Waals surface area contributed by atoms with Crippen LogP contribution in [0, 0.1) is 0 Å². The molecule has 1 aromatic heterocycles. The third-order valence-corrected chi connectivity index (χ3v) is 7.47. The quantitative estimate of drug-likeness (QED) is 0.720. The average Bonchev–Trinajstić information content (AvgIpc) is 2.85. The highest BCUT2D eigenvalue weighted by Crippen LogP contribution is 2.29. The van der Waals surface area contributed by atoms with Crippen molar-refractivity contribution >= 4 is 31.6 Å². The smallest absolute Gasteiger partial charge is 0.273 e. The van der Waals surface area contributed by atoms with Crippen molar-refractivity contribution in [1.29, 1.82) is 0 Å². The predicted octanol–water partition coefficient (Wildman–Crippen LogP) is 2.17. The fourth-order valence-corrected chi connectivity index (χ4v) is 5.57. The van der Waals surface area contributed by atoms with Crippen molar-refractivity contribution in [3.63, 3.8) is 0 Å². The highest BCUT2D eigenvalue weighted by atomic mass is 32.2. The van der Waals surface area contributed by atoms with Gasteiger partial charge >= 0.3 is 0 Å². The number of benzene rings is 2. The number of hydrogen-bond acceptors (Lipinski definition) is 6. The lowest BCUT2D eigenvalue weighted by molar-refractivity contribution is 0.148. The van der Waals surface area contributed by atoms with Crippen LogP contribution < -0.4 is 5.56 Å². The van der Waals surface area contributed by atoms with E-state index in [2.05, 4.69) is 0 Å². The van der Waals surface area contributed by atoms with Crippen LogP contribution >= 0.6 is 11.5 Å². The Bertz CT molecular complexity index is 1140. The summed E-state index contributed by atoms with van der Waals surface area (Å²) in [5.74, 6) is -0.151. The molecule has 1 N–H and O–H groups in total. The zero-order chi connectivity index (χ0) is 19.0. The monoisotopic (exact) mass is 406 g/mol. The molecule has 3 aromatic rings. The summed E-state index contributed by atoms with van der Waals surface area (Å²) < 4.78 is 34.8. The number of fused-ring (bicyclic) bond motifs is 1. The molecule has 0 atom stereocenters. The average molecular weight is 406 g/mol. The number of phenolic OH excluding ortho intramolecular Hbond substituents is 1. The Morgan fingerprint density at radius 2 is 1.89 bits per heavy atom. The standard InChI is InChI=1S/C18H18N2O5S2/c21-16-7-6-13(27(23,24)19-8-3-10-25-11-9-19)12-15(16)20-18(22)14-4-1-2-5-17(14)26-20/h1-2,4-7,12,21H,3,8-11H2. The van der Waals surface area contributed by atoms with Crippen LogP contribution in [-0.4, -0.2) is 48.1 Å². The van der Waals surface area contributed by atoms with E-state index in [1.807, 2.05) is 12.1 Å². The normalized spacial score (nSPS) is 16.4. The summed E-state index contributed by atoms with van der Waals surface area (Å²) in [5, 5.41) is 10.8. The van der Waals surface area contributed by atoms with Gasteiger partial charge in [-0.15, -0.1) is 0 Å². The Labute approximate surface area is 160 Å². The van der Waals surface area contributed by atoms with Gasteiger partial charge in [-0.2, -0.15) is 4.31 Å². The maximum Gasteiger partial charge on any atom is 0.273 e. The van der Waals surface area contributed by atoms with E-state index in [-0.39, 0.29) is 28.4 Å². The molecule has 0 unspecified atom stereocenters. The van der Waals surface area contributed by atoms with Gasteiger partial charge in [-0.1, -0.05) is 23.7 Å². The summed E-state index contributed by atoms with van der Waals surface area (Å²) in [4.78, 5) is 12.7. The lowest BCUT2D eigenvalue weighted by atomic mass is 10.2. The van der Waals surface area contributed by atoms with E-state index in [0.717, 1.165) is 4.70 Å².